The van der Waals surface area contributed by atoms with Crippen molar-refractivity contribution in [2.45, 2.75) is 25.8 Å². The first-order valence-electron chi connectivity index (χ1n) is 7.60. The fraction of sp³-hybridized carbons (Fsp3) is 0.294. The van der Waals surface area contributed by atoms with Crippen LogP contribution in [-0.2, 0) is 4.79 Å². The largest absolute Gasteiger partial charge is 0.345 e. The second-order valence-corrected chi connectivity index (χ2v) is 6.87. The first-order valence-corrected chi connectivity index (χ1v) is 8.42. The Bertz CT molecular complexity index is 787. The van der Waals surface area contributed by atoms with Gasteiger partial charge in [0.05, 0.1) is 15.9 Å². The molecular formula is C17H16F2N2O2S. The van der Waals surface area contributed by atoms with E-state index in [2.05, 4.69) is 10.6 Å². The number of benzene rings is 1. The number of carbonyl (C=O) groups excluding carboxylic acids is 2. The standard InChI is InChI=1S/C17H16F2N2O2S/c1-9(12-5-4-11(18)8-13(12)19)20-17(23)14-6-7-15(24-14)21-16(22)10-2-3-10/h4-10H,2-3H2,1H3,(H,20,23)(H,21,22)/t9-/m1/s1. The molecule has 24 heavy (non-hydrogen) atoms. The van der Waals surface area contributed by atoms with E-state index in [1.165, 1.54) is 6.07 Å². The molecule has 1 aliphatic rings. The van der Waals surface area contributed by atoms with Gasteiger partial charge >= 0.3 is 0 Å². The van der Waals surface area contributed by atoms with Gasteiger partial charge < -0.3 is 10.6 Å². The third-order valence-corrected chi connectivity index (χ3v) is 4.80. The predicted molar refractivity (Wildman–Crippen MR) is 87.9 cm³/mol. The number of hydrogen-bond donors (Lipinski definition) is 2. The molecule has 2 aromatic rings. The molecule has 1 aromatic heterocycles. The van der Waals surface area contributed by atoms with Crippen LogP contribution in [0.2, 0.25) is 0 Å². The van der Waals surface area contributed by atoms with Gasteiger partial charge in [-0.1, -0.05) is 6.07 Å². The van der Waals surface area contributed by atoms with E-state index in [0.717, 1.165) is 36.3 Å². The molecule has 7 heteroatoms. The summed E-state index contributed by atoms with van der Waals surface area (Å²) in [4.78, 5) is 24.4. The maximum atomic E-state index is 13.7. The second kappa shape index (κ2) is 6.68. The van der Waals surface area contributed by atoms with Gasteiger partial charge in [0.25, 0.3) is 5.91 Å². The first kappa shape index (κ1) is 16.6. The van der Waals surface area contributed by atoms with E-state index in [-0.39, 0.29) is 23.3 Å². The highest BCUT2D eigenvalue weighted by Crippen LogP contribution is 2.31. The van der Waals surface area contributed by atoms with Gasteiger partial charge in [0.15, 0.2) is 0 Å². The van der Waals surface area contributed by atoms with Crippen LogP contribution in [0.25, 0.3) is 0 Å². The van der Waals surface area contributed by atoms with Crippen molar-refractivity contribution in [1.82, 2.24) is 5.32 Å². The molecular weight excluding hydrogens is 334 g/mol. The maximum Gasteiger partial charge on any atom is 0.261 e. The van der Waals surface area contributed by atoms with Gasteiger partial charge in [-0.25, -0.2) is 8.78 Å². The Hall–Kier alpha value is -2.28. The minimum atomic E-state index is -0.702. The monoisotopic (exact) mass is 350 g/mol. The minimum absolute atomic E-state index is 0.0226. The van der Waals surface area contributed by atoms with Crippen LogP contribution in [0.15, 0.2) is 30.3 Å². The number of hydrogen-bond acceptors (Lipinski definition) is 3. The number of nitrogens with one attached hydrogen (secondary N) is 2. The van der Waals surface area contributed by atoms with Crippen molar-refractivity contribution < 1.29 is 18.4 Å². The van der Waals surface area contributed by atoms with E-state index < -0.39 is 17.7 Å². The molecule has 3 rings (SSSR count). The smallest absolute Gasteiger partial charge is 0.261 e. The van der Waals surface area contributed by atoms with Gasteiger partial charge in [-0.3, -0.25) is 9.59 Å². The van der Waals surface area contributed by atoms with E-state index in [9.17, 15) is 18.4 Å². The lowest BCUT2D eigenvalue weighted by atomic mass is 10.1. The SMILES string of the molecule is C[C@@H](NC(=O)c1ccc(NC(=O)C2CC2)s1)c1ccc(F)cc1F. The zero-order chi connectivity index (χ0) is 17.3. The molecule has 1 saturated carbocycles. The summed E-state index contributed by atoms with van der Waals surface area (Å²) in [5.41, 5.74) is 0.212. The average Bonchev–Trinajstić information content (AvgIpc) is 3.27. The van der Waals surface area contributed by atoms with E-state index in [1.807, 2.05) is 0 Å². The third kappa shape index (κ3) is 3.79. The minimum Gasteiger partial charge on any atom is -0.345 e. The van der Waals surface area contributed by atoms with Crippen molar-refractivity contribution in [3.63, 3.8) is 0 Å². The van der Waals surface area contributed by atoms with E-state index in [1.54, 1.807) is 19.1 Å². The topological polar surface area (TPSA) is 58.2 Å². The molecule has 1 fully saturated rings. The Morgan fingerprint density at radius 3 is 2.62 bits per heavy atom. The van der Waals surface area contributed by atoms with Crippen molar-refractivity contribution in [2.75, 3.05) is 5.32 Å². The van der Waals surface area contributed by atoms with Gasteiger partial charge in [-0.2, -0.15) is 0 Å². The second-order valence-electron chi connectivity index (χ2n) is 5.79. The van der Waals surface area contributed by atoms with Crippen LogP contribution < -0.4 is 10.6 Å². The summed E-state index contributed by atoms with van der Waals surface area (Å²) >= 11 is 1.16. The summed E-state index contributed by atoms with van der Waals surface area (Å²) in [6, 6.07) is 5.92. The van der Waals surface area contributed by atoms with E-state index in [4.69, 9.17) is 0 Å². The lowest BCUT2D eigenvalue weighted by Crippen LogP contribution is -2.26. The fourth-order valence-electron chi connectivity index (χ4n) is 2.29. The molecule has 0 unspecified atom stereocenters. The molecule has 1 aromatic carbocycles. The molecule has 2 amide bonds. The van der Waals surface area contributed by atoms with Crippen molar-refractivity contribution in [3.8, 4) is 0 Å². The lowest BCUT2D eigenvalue weighted by molar-refractivity contribution is -0.117. The van der Waals surface area contributed by atoms with Gasteiger partial charge in [0.1, 0.15) is 11.6 Å². The fourth-order valence-corrected chi connectivity index (χ4v) is 3.11. The third-order valence-electron chi connectivity index (χ3n) is 3.80. The number of anilines is 1. The van der Waals surface area contributed by atoms with Gasteiger partial charge in [-0.15, -0.1) is 11.3 Å². The van der Waals surface area contributed by atoms with Crippen molar-refractivity contribution in [3.05, 3.63) is 52.4 Å². The number of thiophene rings is 1. The summed E-state index contributed by atoms with van der Waals surface area (Å²) in [6.07, 6.45) is 1.82. The lowest BCUT2D eigenvalue weighted by Gasteiger charge is -2.14. The summed E-state index contributed by atoms with van der Waals surface area (Å²) in [5, 5.41) is 6.06. The molecule has 1 atom stereocenters. The van der Waals surface area contributed by atoms with Crippen LogP contribution in [-0.4, -0.2) is 11.8 Å². The van der Waals surface area contributed by atoms with Crippen LogP contribution in [0.5, 0.6) is 0 Å². The van der Waals surface area contributed by atoms with Crippen molar-refractivity contribution >= 4 is 28.2 Å². The normalized spacial score (nSPS) is 15.0. The summed E-state index contributed by atoms with van der Waals surface area (Å²) in [6.45, 7) is 1.62. The first-order chi connectivity index (χ1) is 11.4. The van der Waals surface area contributed by atoms with Crippen LogP contribution in [0, 0.1) is 17.6 Å². The molecule has 0 radical (unpaired) electrons. The molecule has 2 N–H and O–H groups in total. The highest BCUT2D eigenvalue weighted by atomic mass is 32.1. The average molecular weight is 350 g/mol. The Kier molecular flexibility index (Phi) is 4.62. The quantitative estimate of drug-likeness (QED) is 0.860. The zero-order valence-corrected chi connectivity index (χ0v) is 13.8. The summed E-state index contributed by atoms with van der Waals surface area (Å²) < 4.78 is 26.7. The molecule has 0 aliphatic heterocycles. The maximum absolute atomic E-state index is 13.7. The van der Waals surface area contributed by atoms with Crippen LogP contribution in [0.1, 0.15) is 41.0 Å². The number of halogens is 2. The van der Waals surface area contributed by atoms with E-state index in [0.29, 0.717) is 9.88 Å². The van der Waals surface area contributed by atoms with Crippen LogP contribution >= 0.6 is 11.3 Å². The van der Waals surface area contributed by atoms with Crippen molar-refractivity contribution in [1.29, 1.82) is 0 Å². The molecule has 0 bridgehead atoms. The number of amides is 2. The molecule has 0 spiro atoms. The number of rotatable bonds is 5. The molecule has 4 nitrogen and oxygen atoms in total. The molecule has 0 saturated heterocycles. The van der Waals surface area contributed by atoms with Crippen LogP contribution in [0.3, 0.4) is 0 Å². The predicted octanol–water partition coefficient (Wildman–Crippen LogP) is 3.87. The van der Waals surface area contributed by atoms with Gasteiger partial charge in [0, 0.05) is 17.5 Å². The zero-order valence-electron chi connectivity index (χ0n) is 12.9. The Balaban J connectivity index is 1.63. The van der Waals surface area contributed by atoms with Crippen molar-refractivity contribution in [2.24, 2.45) is 5.92 Å². The highest BCUT2D eigenvalue weighted by Gasteiger charge is 2.30. The molecule has 1 aliphatic carbocycles. The highest BCUT2D eigenvalue weighted by molar-refractivity contribution is 7.18. The Morgan fingerprint density at radius 1 is 1.21 bits per heavy atom. The van der Waals surface area contributed by atoms with Gasteiger partial charge in [0.2, 0.25) is 5.91 Å². The Morgan fingerprint density at radius 2 is 1.96 bits per heavy atom. The van der Waals surface area contributed by atoms with Gasteiger partial charge in [-0.05, 0) is 38.0 Å². The number of carbonyl (C=O) groups is 2. The van der Waals surface area contributed by atoms with E-state index >= 15 is 0 Å². The molecule has 1 heterocycles. The summed E-state index contributed by atoms with van der Waals surface area (Å²) in [7, 11) is 0. The Labute approximate surface area is 141 Å². The van der Waals surface area contributed by atoms with Crippen LogP contribution in [0.4, 0.5) is 13.8 Å². The summed E-state index contributed by atoms with van der Waals surface area (Å²) in [5.74, 6) is -1.67. The molecule has 126 valence electrons.